The Hall–Kier alpha value is -2.65. The summed E-state index contributed by atoms with van der Waals surface area (Å²) in [5.41, 5.74) is 8.99. The fourth-order valence-corrected chi connectivity index (χ4v) is 6.02. The lowest BCUT2D eigenvalue weighted by Gasteiger charge is -2.16. The maximum atomic E-state index is 13.7. The smallest absolute Gasteiger partial charge is 0.318 e. The number of rotatable bonds is 4. The van der Waals surface area contributed by atoms with Gasteiger partial charge in [0.25, 0.3) is 5.56 Å². The molecule has 3 N–H and O–H groups in total. The van der Waals surface area contributed by atoms with Gasteiger partial charge in [0.2, 0.25) is 5.91 Å². The number of fused-ring (bicyclic) bond motifs is 3. The summed E-state index contributed by atoms with van der Waals surface area (Å²) in [5.74, 6) is -0.524. The number of nitrogens with zero attached hydrogens (tertiary/aromatic N) is 2. The zero-order chi connectivity index (χ0) is 22.3. The first-order chi connectivity index (χ1) is 14.8. The SMILES string of the molecule is Cc1ccc(-n2c(S[C@@H](C)C(=O)NC(N)=O)nc3sc4c(c3c2=O)CCCC4)cc1C. The van der Waals surface area contributed by atoms with Crippen molar-refractivity contribution in [2.24, 2.45) is 5.73 Å². The number of benzene rings is 1. The zero-order valence-electron chi connectivity index (χ0n) is 17.7. The van der Waals surface area contributed by atoms with Gasteiger partial charge >= 0.3 is 6.03 Å². The van der Waals surface area contributed by atoms with Crippen molar-refractivity contribution in [2.75, 3.05) is 0 Å². The number of hydrogen-bond donors (Lipinski definition) is 2. The van der Waals surface area contributed by atoms with E-state index >= 15 is 0 Å². The molecule has 4 rings (SSSR count). The molecule has 0 unspecified atom stereocenters. The number of carbonyl (C=O) groups excluding carboxylic acids is 2. The van der Waals surface area contributed by atoms with Gasteiger partial charge in [0.15, 0.2) is 5.16 Å². The van der Waals surface area contributed by atoms with E-state index in [1.54, 1.807) is 22.8 Å². The van der Waals surface area contributed by atoms with Crippen LogP contribution in [0, 0.1) is 13.8 Å². The number of urea groups is 1. The van der Waals surface area contributed by atoms with Crippen LogP contribution < -0.4 is 16.6 Å². The molecule has 1 aliphatic carbocycles. The predicted octanol–water partition coefficient (Wildman–Crippen LogP) is 3.62. The summed E-state index contributed by atoms with van der Waals surface area (Å²) in [4.78, 5) is 43.9. The maximum absolute atomic E-state index is 13.7. The van der Waals surface area contributed by atoms with E-state index in [2.05, 4.69) is 5.32 Å². The molecule has 1 aliphatic rings. The van der Waals surface area contributed by atoms with Gasteiger partial charge in [-0.15, -0.1) is 11.3 Å². The normalized spacial score (nSPS) is 14.3. The van der Waals surface area contributed by atoms with Crippen LogP contribution in [0.4, 0.5) is 4.79 Å². The van der Waals surface area contributed by atoms with Crippen molar-refractivity contribution in [3.8, 4) is 5.69 Å². The molecule has 2 aromatic heterocycles. The number of carbonyl (C=O) groups is 2. The Morgan fingerprint density at radius 2 is 1.97 bits per heavy atom. The van der Waals surface area contributed by atoms with Crippen molar-refractivity contribution in [3.05, 3.63) is 50.1 Å². The van der Waals surface area contributed by atoms with Crippen LogP contribution in [-0.2, 0) is 17.6 Å². The van der Waals surface area contributed by atoms with Crippen LogP contribution in [0.3, 0.4) is 0 Å². The lowest BCUT2D eigenvalue weighted by Crippen LogP contribution is -2.39. The Morgan fingerprint density at radius 1 is 1.23 bits per heavy atom. The van der Waals surface area contributed by atoms with Gasteiger partial charge in [-0.3, -0.25) is 19.5 Å². The molecule has 9 heteroatoms. The quantitative estimate of drug-likeness (QED) is 0.461. The Labute approximate surface area is 188 Å². The highest BCUT2D eigenvalue weighted by atomic mass is 32.2. The minimum absolute atomic E-state index is 0.113. The Kier molecular flexibility index (Phi) is 5.90. The first-order valence-electron chi connectivity index (χ1n) is 10.2. The van der Waals surface area contributed by atoms with E-state index in [0.29, 0.717) is 21.1 Å². The fourth-order valence-electron chi connectivity index (χ4n) is 3.79. The van der Waals surface area contributed by atoms with Crippen molar-refractivity contribution in [3.63, 3.8) is 0 Å². The number of thioether (sulfide) groups is 1. The van der Waals surface area contributed by atoms with E-state index in [4.69, 9.17) is 10.7 Å². The molecule has 0 aliphatic heterocycles. The van der Waals surface area contributed by atoms with Gasteiger partial charge in [0.05, 0.1) is 16.3 Å². The zero-order valence-corrected chi connectivity index (χ0v) is 19.3. The van der Waals surface area contributed by atoms with E-state index in [0.717, 1.165) is 54.1 Å². The van der Waals surface area contributed by atoms with Crippen molar-refractivity contribution >= 4 is 45.3 Å². The third-order valence-electron chi connectivity index (χ3n) is 5.60. The molecular weight excluding hydrogens is 432 g/mol. The maximum Gasteiger partial charge on any atom is 0.318 e. The van der Waals surface area contributed by atoms with E-state index in [1.807, 2.05) is 32.0 Å². The average Bonchev–Trinajstić information content (AvgIpc) is 3.08. The van der Waals surface area contributed by atoms with Gasteiger partial charge in [-0.25, -0.2) is 9.78 Å². The van der Waals surface area contributed by atoms with Crippen molar-refractivity contribution in [1.29, 1.82) is 0 Å². The van der Waals surface area contributed by atoms with Crippen LogP contribution in [0.15, 0.2) is 28.2 Å². The number of imide groups is 1. The largest absolute Gasteiger partial charge is 0.351 e. The van der Waals surface area contributed by atoms with Gasteiger partial charge in [-0.1, -0.05) is 17.8 Å². The number of aryl methyl sites for hydroxylation is 4. The number of thiophene rings is 1. The highest BCUT2D eigenvalue weighted by molar-refractivity contribution is 8.00. The molecule has 7 nitrogen and oxygen atoms in total. The molecule has 0 saturated heterocycles. The summed E-state index contributed by atoms with van der Waals surface area (Å²) >= 11 is 2.71. The van der Waals surface area contributed by atoms with Crippen LogP contribution in [0.5, 0.6) is 0 Å². The third kappa shape index (κ3) is 4.12. The summed E-state index contributed by atoms with van der Waals surface area (Å²) in [6, 6.07) is 4.93. The fraction of sp³-hybridized carbons (Fsp3) is 0.364. The van der Waals surface area contributed by atoms with Crippen molar-refractivity contribution < 1.29 is 9.59 Å². The first kappa shape index (κ1) is 21.6. The van der Waals surface area contributed by atoms with E-state index in [9.17, 15) is 14.4 Å². The predicted molar refractivity (Wildman–Crippen MR) is 124 cm³/mol. The van der Waals surface area contributed by atoms with Gasteiger partial charge in [-0.05, 0) is 75.3 Å². The molecule has 31 heavy (non-hydrogen) atoms. The Bertz CT molecular complexity index is 1260. The summed E-state index contributed by atoms with van der Waals surface area (Å²) in [7, 11) is 0. The summed E-state index contributed by atoms with van der Waals surface area (Å²) < 4.78 is 1.59. The van der Waals surface area contributed by atoms with Gasteiger partial charge in [-0.2, -0.15) is 0 Å². The molecule has 1 aromatic carbocycles. The van der Waals surface area contributed by atoms with Gasteiger partial charge < -0.3 is 5.73 Å². The van der Waals surface area contributed by atoms with E-state index < -0.39 is 17.2 Å². The summed E-state index contributed by atoms with van der Waals surface area (Å²) in [5, 5.41) is 2.55. The van der Waals surface area contributed by atoms with Crippen molar-refractivity contribution in [1.82, 2.24) is 14.9 Å². The van der Waals surface area contributed by atoms with Gasteiger partial charge in [0.1, 0.15) is 4.83 Å². The Balaban J connectivity index is 1.90. The summed E-state index contributed by atoms with van der Waals surface area (Å²) in [6.07, 6.45) is 4.06. The second-order valence-corrected chi connectivity index (χ2v) is 10.2. The molecule has 2 heterocycles. The topological polar surface area (TPSA) is 107 Å². The molecular formula is C22H24N4O3S2. The number of primary amides is 1. The molecule has 0 bridgehead atoms. The second kappa shape index (κ2) is 8.47. The minimum atomic E-state index is -0.904. The second-order valence-electron chi connectivity index (χ2n) is 7.81. The lowest BCUT2D eigenvalue weighted by molar-refractivity contribution is -0.119. The Morgan fingerprint density at radius 3 is 2.68 bits per heavy atom. The highest BCUT2D eigenvalue weighted by Gasteiger charge is 2.25. The summed E-state index contributed by atoms with van der Waals surface area (Å²) in [6.45, 7) is 5.67. The molecule has 0 saturated carbocycles. The molecule has 0 spiro atoms. The lowest BCUT2D eigenvalue weighted by atomic mass is 9.97. The first-order valence-corrected chi connectivity index (χ1v) is 11.9. The molecule has 0 radical (unpaired) electrons. The standard InChI is InChI=1S/C22H24N4O3S2/c1-11-8-9-14(10-12(11)2)26-20(28)17-15-6-4-5-7-16(15)31-19(17)25-22(26)30-13(3)18(27)24-21(23)29/h8-10,13H,4-7H2,1-3H3,(H3,23,24,27,29)/t13-/m0/s1. The van der Waals surface area contributed by atoms with Crippen LogP contribution >= 0.6 is 23.1 Å². The molecule has 162 valence electrons. The monoisotopic (exact) mass is 456 g/mol. The van der Waals surface area contributed by atoms with Crippen LogP contribution in [-0.4, -0.2) is 26.7 Å². The number of amides is 3. The number of hydrogen-bond acceptors (Lipinski definition) is 6. The molecule has 3 amide bonds. The van der Waals surface area contributed by atoms with Crippen molar-refractivity contribution in [2.45, 2.75) is 56.9 Å². The number of nitrogens with two attached hydrogens (primary N) is 1. The molecule has 0 fully saturated rings. The molecule has 3 aromatic rings. The number of aromatic nitrogens is 2. The minimum Gasteiger partial charge on any atom is -0.351 e. The third-order valence-corrected chi connectivity index (χ3v) is 7.84. The highest BCUT2D eigenvalue weighted by Crippen LogP contribution is 2.36. The van der Waals surface area contributed by atoms with Crippen LogP contribution in [0.25, 0.3) is 15.9 Å². The van der Waals surface area contributed by atoms with Crippen LogP contribution in [0.2, 0.25) is 0 Å². The van der Waals surface area contributed by atoms with E-state index in [-0.39, 0.29) is 5.56 Å². The number of nitrogens with one attached hydrogen (secondary N) is 1. The average molecular weight is 457 g/mol. The molecule has 1 atom stereocenters. The van der Waals surface area contributed by atoms with E-state index in [1.165, 1.54) is 4.88 Å². The van der Waals surface area contributed by atoms with Gasteiger partial charge in [0, 0.05) is 4.88 Å². The van der Waals surface area contributed by atoms with Crippen LogP contribution in [0.1, 0.15) is 41.3 Å².